The Morgan fingerprint density at radius 2 is 2.08 bits per heavy atom. The van der Waals surface area contributed by atoms with Crippen molar-refractivity contribution in [3.05, 3.63) is 59.7 Å². The van der Waals surface area contributed by atoms with Crippen molar-refractivity contribution in [2.24, 2.45) is 7.05 Å². The maximum absolute atomic E-state index is 13.4. The number of carbonyl (C=O) groups is 1. The van der Waals surface area contributed by atoms with Gasteiger partial charge in [0.05, 0.1) is 11.0 Å². The molecule has 3 aromatic rings. The van der Waals surface area contributed by atoms with Crippen LogP contribution >= 0.6 is 0 Å². The van der Waals surface area contributed by atoms with Crippen molar-refractivity contribution >= 4 is 16.9 Å². The highest BCUT2D eigenvalue weighted by Gasteiger charge is 2.07. The van der Waals surface area contributed by atoms with E-state index in [0.717, 1.165) is 22.4 Å². The van der Waals surface area contributed by atoms with Crippen LogP contribution in [0, 0.1) is 12.7 Å². The molecule has 25 heavy (non-hydrogen) atoms. The zero-order chi connectivity index (χ0) is 17.8. The van der Waals surface area contributed by atoms with E-state index in [1.165, 1.54) is 12.1 Å². The summed E-state index contributed by atoms with van der Waals surface area (Å²) in [5.41, 5.74) is 3.14. The fourth-order valence-electron chi connectivity index (χ4n) is 2.62. The molecule has 0 spiro atoms. The van der Waals surface area contributed by atoms with Crippen LogP contribution in [0.15, 0.2) is 42.5 Å². The first kappa shape index (κ1) is 17.0. The van der Waals surface area contributed by atoms with E-state index in [4.69, 9.17) is 4.74 Å². The van der Waals surface area contributed by atoms with E-state index in [2.05, 4.69) is 10.3 Å². The molecule has 0 aliphatic rings. The van der Waals surface area contributed by atoms with E-state index in [-0.39, 0.29) is 18.3 Å². The molecule has 2 aromatic carbocycles. The van der Waals surface area contributed by atoms with Gasteiger partial charge in [0.1, 0.15) is 5.82 Å². The number of nitrogens with zero attached hydrogens (tertiary/aromatic N) is 2. The largest absolute Gasteiger partial charge is 0.481 e. The van der Waals surface area contributed by atoms with Crippen LogP contribution in [-0.2, 0) is 18.3 Å². The van der Waals surface area contributed by atoms with Crippen LogP contribution in [-0.4, -0.2) is 28.6 Å². The third kappa shape index (κ3) is 3.96. The van der Waals surface area contributed by atoms with Gasteiger partial charge in [-0.25, -0.2) is 9.37 Å². The minimum atomic E-state index is -0.478. The molecule has 1 amide bonds. The first-order chi connectivity index (χ1) is 12.0. The highest BCUT2D eigenvalue weighted by molar-refractivity contribution is 5.78. The summed E-state index contributed by atoms with van der Waals surface area (Å²) in [5, 5.41) is 2.77. The van der Waals surface area contributed by atoms with Gasteiger partial charge in [-0.15, -0.1) is 0 Å². The van der Waals surface area contributed by atoms with Crippen molar-refractivity contribution in [2.45, 2.75) is 13.3 Å². The molecule has 0 unspecified atom stereocenters. The number of para-hydroxylation sites is 1. The number of hydrogen-bond acceptors (Lipinski definition) is 3. The van der Waals surface area contributed by atoms with Gasteiger partial charge in [-0.2, -0.15) is 0 Å². The summed E-state index contributed by atoms with van der Waals surface area (Å²) in [6.07, 6.45) is 0.691. The van der Waals surface area contributed by atoms with Crippen LogP contribution in [0.25, 0.3) is 11.0 Å². The second-order valence-corrected chi connectivity index (χ2v) is 5.86. The lowest BCUT2D eigenvalue weighted by Crippen LogP contribution is -2.30. The third-order valence-electron chi connectivity index (χ3n) is 4.10. The van der Waals surface area contributed by atoms with Crippen LogP contribution in [0.1, 0.15) is 11.4 Å². The van der Waals surface area contributed by atoms with Gasteiger partial charge in [0.2, 0.25) is 0 Å². The molecular formula is C19H20FN3O2. The number of aryl methyl sites for hydroxylation is 2. The van der Waals surface area contributed by atoms with E-state index in [0.29, 0.717) is 13.0 Å². The van der Waals surface area contributed by atoms with Gasteiger partial charge < -0.3 is 14.6 Å². The number of aromatic nitrogens is 2. The highest BCUT2D eigenvalue weighted by atomic mass is 19.1. The molecule has 0 bridgehead atoms. The molecule has 6 heteroatoms. The van der Waals surface area contributed by atoms with E-state index in [9.17, 15) is 9.18 Å². The second-order valence-electron chi connectivity index (χ2n) is 5.86. The number of halogens is 1. The van der Waals surface area contributed by atoms with E-state index in [1.807, 2.05) is 36.7 Å². The Hall–Kier alpha value is -2.89. The van der Waals surface area contributed by atoms with Gasteiger partial charge in [0.25, 0.3) is 5.91 Å². The first-order valence-electron chi connectivity index (χ1n) is 8.10. The van der Waals surface area contributed by atoms with Crippen LogP contribution in [0.4, 0.5) is 4.39 Å². The molecule has 1 aromatic heterocycles. The minimum Gasteiger partial charge on any atom is -0.481 e. The summed E-state index contributed by atoms with van der Waals surface area (Å²) in [4.78, 5) is 16.3. The lowest BCUT2D eigenvalue weighted by atomic mass is 10.1. The number of fused-ring (bicyclic) bond motifs is 1. The predicted molar refractivity (Wildman–Crippen MR) is 94.1 cm³/mol. The van der Waals surface area contributed by atoms with Gasteiger partial charge in [-0.05, 0) is 43.2 Å². The number of amides is 1. The van der Waals surface area contributed by atoms with Crippen molar-refractivity contribution in [2.75, 3.05) is 13.2 Å². The van der Waals surface area contributed by atoms with Crippen molar-refractivity contribution in [3.63, 3.8) is 0 Å². The van der Waals surface area contributed by atoms with Crippen molar-refractivity contribution < 1.29 is 13.9 Å². The zero-order valence-electron chi connectivity index (χ0n) is 14.3. The molecule has 1 heterocycles. The number of benzene rings is 2. The Morgan fingerprint density at radius 1 is 1.28 bits per heavy atom. The van der Waals surface area contributed by atoms with Crippen LogP contribution in [0.5, 0.6) is 5.75 Å². The summed E-state index contributed by atoms with van der Waals surface area (Å²) < 4.78 is 20.6. The average molecular weight is 341 g/mol. The first-order valence-corrected chi connectivity index (χ1v) is 8.10. The fraction of sp³-hybridized carbons (Fsp3) is 0.263. The van der Waals surface area contributed by atoms with Crippen molar-refractivity contribution in [1.29, 1.82) is 0 Å². The maximum Gasteiger partial charge on any atom is 0.257 e. The van der Waals surface area contributed by atoms with Crippen molar-refractivity contribution in [3.8, 4) is 5.75 Å². The average Bonchev–Trinajstić information content (AvgIpc) is 2.88. The molecular weight excluding hydrogens is 321 g/mol. The van der Waals surface area contributed by atoms with Gasteiger partial charge in [-0.1, -0.05) is 18.2 Å². The monoisotopic (exact) mass is 341 g/mol. The maximum atomic E-state index is 13.4. The number of carbonyl (C=O) groups excluding carboxylic acids is 1. The van der Waals surface area contributed by atoms with E-state index in [1.54, 1.807) is 12.1 Å². The molecule has 130 valence electrons. The van der Waals surface area contributed by atoms with Gasteiger partial charge in [0, 0.05) is 13.6 Å². The quantitative estimate of drug-likeness (QED) is 0.750. The van der Waals surface area contributed by atoms with Crippen LogP contribution in [0.2, 0.25) is 0 Å². The molecule has 0 saturated heterocycles. The molecule has 0 aliphatic heterocycles. The summed E-state index contributed by atoms with van der Waals surface area (Å²) >= 11 is 0. The van der Waals surface area contributed by atoms with E-state index >= 15 is 0 Å². The Morgan fingerprint density at radius 3 is 2.88 bits per heavy atom. The molecule has 0 saturated carbocycles. The molecule has 0 atom stereocenters. The van der Waals surface area contributed by atoms with Gasteiger partial charge in [-0.3, -0.25) is 4.79 Å². The lowest BCUT2D eigenvalue weighted by Gasteiger charge is -2.08. The fourth-order valence-corrected chi connectivity index (χ4v) is 2.62. The predicted octanol–water partition coefficient (Wildman–Crippen LogP) is 2.76. The SMILES string of the molecule is Cc1nc2cc(CCNC(=O)COc3ccccc3F)ccc2n1C. The molecule has 5 nitrogen and oxygen atoms in total. The van der Waals surface area contributed by atoms with Crippen LogP contribution in [0.3, 0.4) is 0 Å². The van der Waals surface area contributed by atoms with E-state index < -0.39 is 5.82 Å². The Balaban J connectivity index is 1.49. The number of rotatable bonds is 6. The van der Waals surface area contributed by atoms with Gasteiger partial charge >= 0.3 is 0 Å². The van der Waals surface area contributed by atoms with Gasteiger partial charge in [0.15, 0.2) is 18.2 Å². The third-order valence-corrected chi connectivity index (χ3v) is 4.10. The molecule has 0 radical (unpaired) electrons. The summed E-state index contributed by atoms with van der Waals surface area (Å²) in [7, 11) is 1.99. The standard InChI is InChI=1S/C19H20FN3O2/c1-13-22-16-11-14(7-8-17(16)23(13)2)9-10-21-19(24)12-25-18-6-4-3-5-15(18)20/h3-8,11H,9-10,12H2,1-2H3,(H,21,24). The number of nitrogens with one attached hydrogen (secondary N) is 1. The smallest absolute Gasteiger partial charge is 0.257 e. The Bertz CT molecular complexity index is 905. The number of ether oxygens (including phenoxy) is 1. The molecule has 0 aliphatic carbocycles. The number of hydrogen-bond donors (Lipinski definition) is 1. The number of imidazole rings is 1. The molecule has 3 rings (SSSR count). The highest BCUT2D eigenvalue weighted by Crippen LogP contribution is 2.17. The topological polar surface area (TPSA) is 56.1 Å². The second kappa shape index (κ2) is 7.34. The Labute approximate surface area is 145 Å². The Kier molecular flexibility index (Phi) is 4.97. The molecule has 1 N–H and O–H groups in total. The summed E-state index contributed by atoms with van der Waals surface area (Å²) in [5.74, 6) is 0.284. The normalized spacial score (nSPS) is 10.8. The molecule has 0 fully saturated rings. The summed E-state index contributed by atoms with van der Waals surface area (Å²) in [6, 6.07) is 12.1. The lowest BCUT2D eigenvalue weighted by molar-refractivity contribution is -0.123. The summed E-state index contributed by atoms with van der Waals surface area (Å²) in [6.45, 7) is 2.24. The zero-order valence-corrected chi connectivity index (χ0v) is 14.3. The van der Waals surface area contributed by atoms with Crippen LogP contribution < -0.4 is 10.1 Å². The van der Waals surface area contributed by atoms with Crippen molar-refractivity contribution in [1.82, 2.24) is 14.9 Å². The minimum absolute atomic E-state index is 0.0774.